The predicted octanol–water partition coefficient (Wildman–Crippen LogP) is 4.61. The first kappa shape index (κ1) is 15.3. The molecular weight excluding hydrogens is 194 g/mol. The average molecular weight is 223 g/mol. The summed E-state index contributed by atoms with van der Waals surface area (Å²) in [5.74, 6) is 0.559. The summed E-state index contributed by atoms with van der Waals surface area (Å²) in [6.45, 7) is 12.9. The maximum Gasteiger partial charge on any atom is 0.0281 e. The van der Waals surface area contributed by atoms with Gasteiger partial charge in [-0.2, -0.15) is 0 Å². The fourth-order valence-corrected chi connectivity index (χ4v) is 2.00. The van der Waals surface area contributed by atoms with E-state index in [4.69, 9.17) is 0 Å². The van der Waals surface area contributed by atoms with Crippen LogP contribution in [0.25, 0.3) is 0 Å². The highest BCUT2D eigenvalue weighted by molar-refractivity contribution is 5.17. The van der Waals surface area contributed by atoms with E-state index in [0.29, 0.717) is 12.0 Å². The van der Waals surface area contributed by atoms with Gasteiger partial charge in [-0.25, -0.2) is 0 Å². The SMILES string of the molecule is C=C/C(=C\N(C)C(CCC)CCC)C(C)C. The van der Waals surface area contributed by atoms with E-state index in [1.165, 1.54) is 31.3 Å². The lowest BCUT2D eigenvalue weighted by molar-refractivity contribution is 0.288. The molecule has 1 nitrogen and oxygen atoms in total. The van der Waals surface area contributed by atoms with Gasteiger partial charge in [0.15, 0.2) is 0 Å². The largest absolute Gasteiger partial charge is 0.377 e. The smallest absolute Gasteiger partial charge is 0.0281 e. The van der Waals surface area contributed by atoms with Crippen LogP contribution < -0.4 is 0 Å². The molecule has 0 aliphatic rings. The Morgan fingerprint density at radius 2 is 1.69 bits per heavy atom. The molecule has 0 saturated carbocycles. The second-order valence-electron chi connectivity index (χ2n) is 4.88. The molecule has 0 amide bonds. The fourth-order valence-electron chi connectivity index (χ4n) is 2.00. The second-order valence-corrected chi connectivity index (χ2v) is 4.88. The van der Waals surface area contributed by atoms with Gasteiger partial charge in [0, 0.05) is 19.3 Å². The highest BCUT2D eigenvalue weighted by atomic mass is 15.1. The summed E-state index contributed by atoms with van der Waals surface area (Å²) in [5, 5.41) is 0. The van der Waals surface area contributed by atoms with E-state index in [2.05, 4.69) is 52.4 Å². The van der Waals surface area contributed by atoms with Gasteiger partial charge in [0.25, 0.3) is 0 Å². The minimum Gasteiger partial charge on any atom is -0.377 e. The number of rotatable bonds is 8. The van der Waals surface area contributed by atoms with Crippen molar-refractivity contribution in [2.24, 2.45) is 5.92 Å². The predicted molar refractivity (Wildman–Crippen MR) is 74.5 cm³/mol. The lowest BCUT2D eigenvalue weighted by Gasteiger charge is -2.27. The van der Waals surface area contributed by atoms with E-state index >= 15 is 0 Å². The number of hydrogen-bond donors (Lipinski definition) is 0. The Morgan fingerprint density at radius 3 is 2.00 bits per heavy atom. The third-order valence-corrected chi connectivity index (χ3v) is 3.07. The van der Waals surface area contributed by atoms with Gasteiger partial charge in [-0.3, -0.25) is 0 Å². The Balaban J connectivity index is 4.58. The Kier molecular flexibility index (Phi) is 8.05. The molecule has 0 N–H and O–H groups in total. The van der Waals surface area contributed by atoms with Gasteiger partial charge in [0.2, 0.25) is 0 Å². The van der Waals surface area contributed by atoms with Crippen molar-refractivity contribution in [2.75, 3.05) is 7.05 Å². The Labute approximate surface area is 102 Å². The Bertz CT molecular complexity index is 209. The van der Waals surface area contributed by atoms with Crippen LogP contribution in [0.1, 0.15) is 53.4 Å². The van der Waals surface area contributed by atoms with Crippen molar-refractivity contribution in [2.45, 2.75) is 59.4 Å². The van der Waals surface area contributed by atoms with E-state index in [9.17, 15) is 0 Å². The van der Waals surface area contributed by atoms with Crippen LogP contribution >= 0.6 is 0 Å². The molecule has 0 aromatic carbocycles. The van der Waals surface area contributed by atoms with Crippen molar-refractivity contribution in [1.29, 1.82) is 0 Å². The summed E-state index contributed by atoms with van der Waals surface area (Å²) < 4.78 is 0. The standard InChI is InChI=1S/C15H29N/c1-7-10-15(11-8-2)16(6)12-14(9-3)13(4)5/h9,12-13,15H,3,7-8,10-11H2,1-2,4-6H3/b14-12+. The third kappa shape index (κ3) is 5.39. The molecule has 0 rings (SSSR count). The van der Waals surface area contributed by atoms with Crippen molar-refractivity contribution in [3.05, 3.63) is 24.4 Å². The van der Waals surface area contributed by atoms with Crippen LogP contribution in [-0.4, -0.2) is 18.0 Å². The van der Waals surface area contributed by atoms with Gasteiger partial charge in [0.1, 0.15) is 0 Å². The maximum absolute atomic E-state index is 3.89. The first-order chi connectivity index (χ1) is 7.56. The molecular formula is C15H29N. The fraction of sp³-hybridized carbons (Fsp3) is 0.733. The molecule has 0 aliphatic heterocycles. The summed E-state index contributed by atoms with van der Waals surface area (Å²) in [4.78, 5) is 2.38. The zero-order chi connectivity index (χ0) is 12.6. The third-order valence-electron chi connectivity index (χ3n) is 3.07. The first-order valence-corrected chi connectivity index (χ1v) is 6.62. The number of allylic oxidation sites excluding steroid dienone is 2. The van der Waals surface area contributed by atoms with Gasteiger partial charge < -0.3 is 4.90 Å². The lowest BCUT2D eigenvalue weighted by Crippen LogP contribution is -2.27. The monoisotopic (exact) mass is 223 g/mol. The van der Waals surface area contributed by atoms with Gasteiger partial charge in [-0.15, -0.1) is 0 Å². The van der Waals surface area contributed by atoms with E-state index in [1.54, 1.807) is 0 Å². The summed E-state index contributed by atoms with van der Waals surface area (Å²) in [6.07, 6.45) is 9.33. The van der Waals surface area contributed by atoms with Crippen LogP contribution in [0.15, 0.2) is 24.4 Å². The highest BCUT2D eigenvalue weighted by Gasteiger charge is 2.11. The zero-order valence-corrected chi connectivity index (χ0v) is 11.8. The Morgan fingerprint density at radius 1 is 1.19 bits per heavy atom. The molecule has 0 radical (unpaired) electrons. The molecule has 0 atom stereocenters. The van der Waals surface area contributed by atoms with Gasteiger partial charge in [0.05, 0.1) is 0 Å². The molecule has 0 aromatic rings. The molecule has 94 valence electrons. The quantitative estimate of drug-likeness (QED) is 0.543. The van der Waals surface area contributed by atoms with Gasteiger partial charge in [-0.05, 0) is 24.3 Å². The van der Waals surface area contributed by atoms with Crippen LogP contribution in [0.5, 0.6) is 0 Å². The first-order valence-electron chi connectivity index (χ1n) is 6.62. The van der Waals surface area contributed by atoms with Gasteiger partial charge >= 0.3 is 0 Å². The van der Waals surface area contributed by atoms with Crippen molar-refractivity contribution in [1.82, 2.24) is 4.90 Å². The molecule has 16 heavy (non-hydrogen) atoms. The van der Waals surface area contributed by atoms with E-state index in [1.807, 2.05) is 6.08 Å². The van der Waals surface area contributed by atoms with Crippen LogP contribution in [-0.2, 0) is 0 Å². The number of nitrogens with zero attached hydrogens (tertiary/aromatic N) is 1. The van der Waals surface area contributed by atoms with Crippen molar-refractivity contribution in [3.63, 3.8) is 0 Å². The zero-order valence-electron chi connectivity index (χ0n) is 11.8. The molecule has 0 heterocycles. The van der Waals surface area contributed by atoms with Crippen LogP contribution in [0, 0.1) is 5.92 Å². The summed E-state index contributed by atoms with van der Waals surface area (Å²) in [5.41, 5.74) is 1.33. The molecule has 0 spiro atoms. The molecule has 0 unspecified atom stereocenters. The average Bonchev–Trinajstić information content (AvgIpc) is 2.24. The maximum atomic E-state index is 3.89. The van der Waals surface area contributed by atoms with Crippen molar-refractivity contribution >= 4 is 0 Å². The van der Waals surface area contributed by atoms with E-state index < -0.39 is 0 Å². The van der Waals surface area contributed by atoms with Crippen molar-refractivity contribution in [3.8, 4) is 0 Å². The Hall–Kier alpha value is -0.720. The summed E-state index contributed by atoms with van der Waals surface area (Å²) in [6, 6.07) is 0.684. The normalized spacial score (nSPS) is 12.3. The summed E-state index contributed by atoms with van der Waals surface area (Å²) in [7, 11) is 2.20. The second kappa shape index (κ2) is 8.43. The molecule has 0 aliphatic carbocycles. The summed E-state index contributed by atoms with van der Waals surface area (Å²) >= 11 is 0. The molecule has 0 fully saturated rings. The molecule has 0 saturated heterocycles. The van der Waals surface area contributed by atoms with Crippen LogP contribution in [0.2, 0.25) is 0 Å². The van der Waals surface area contributed by atoms with E-state index in [-0.39, 0.29) is 0 Å². The topological polar surface area (TPSA) is 3.24 Å². The highest BCUT2D eigenvalue weighted by Crippen LogP contribution is 2.16. The number of hydrogen-bond acceptors (Lipinski definition) is 1. The van der Waals surface area contributed by atoms with E-state index in [0.717, 1.165) is 0 Å². The molecule has 0 bridgehead atoms. The molecule has 1 heteroatoms. The minimum absolute atomic E-state index is 0.559. The molecule has 0 aromatic heterocycles. The minimum atomic E-state index is 0.559. The van der Waals surface area contributed by atoms with Crippen LogP contribution in [0.3, 0.4) is 0 Å². The lowest BCUT2D eigenvalue weighted by atomic mass is 10.0. The van der Waals surface area contributed by atoms with Crippen molar-refractivity contribution < 1.29 is 0 Å². The van der Waals surface area contributed by atoms with Crippen LogP contribution in [0.4, 0.5) is 0 Å². The van der Waals surface area contributed by atoms with Gasteiger partial charge in [-0.1, -0.05) is 53.2 Å².